The molecule has 1 aromatic carbocycles. The number of halogens is 4. The number of thiazole rings is 1. The summed E-state index contributed by atoms with van der Waals surface area (Å²) in [6.07, 6.45) is 1.57. The Kier molecular flexibility index (Phi) is 4.45. The van der Waals surface area contributed by atoms with Crippen molar-refractivity contribution in [2.45, 2.75) is 16.9 Å². The fraction of sp³-hybridized carbons (Fsp3) is 0.182. The van der Waals surface area contributed by atoms with E-state index >= 15 is 0 Å². The zero-order chi connectivity index (χ0) is 15.7. The second-order valence-electron chi connectivity index (χ2n) is 3.91. The molecule has 0 saturated heterocycles. The molecule has 0 bridgehead atoms. The molecule has 0 aliphatic rings. The van der Waals surface area contributed by atoms with Crippen LogP contribution in [0.25, 0.3) is 0 Å². The lowest BCUT2D eigenvalue weighted by atomic mass is 10.3. The van der Waals surface area contributed by atoms with Gasteiger partial charge in [0.15, 0.2) is 4.47 Å². The molecule has 21 heavy (non-hydrogen) atoms. The van der Waals surface area contributed by atoms with Gasteiger partial charge < -0.3 is 5.32 Å². The van der Waals surface area contributed by atoms with Gasteiger partial charge in [0.1, 0.15) is 0 Å². The number of sulfone groups is 1. The van der Waals surface area contributed by atoms with Gasteiger partial charge in [0.25, 0.3) is 9.84 Å². The number of alkyl halides is 3. The topological polar surface area (TPSA) is 59.1 Å². The molecule has 0 radical (unpaired) electrons. The number of aromatic nitrogens is 1. The smallest absolute Gasteiger partial charge is 0.380 e. The molecule has 0 atom stereocenters. The van der Waals surface area contributed by atoms with Crippen LogP contribution in [-0.2, 0) is 16.4 Å². The SMILES string of the molecule is O=S(=O)(c1ccc(NCc2cnc(Cl)s2)cc1)C(F)(F)F. The van der Waals surface area contributed by atoms with Crippen molar-refractivity contribution in [1.29, 1.82) is 0 Å². The summed E-state index contributed by atoms with van der Waals surface area (Å²) >= 11 is 6.93. The summed E-state index contributed by atoms with van der Waals surface area (Å²) in [4.78, 5) is 3.89. The second-order valence-corrected chi connectivity index (χ2v) is 7.55. The van der Waals surface area contributed by atoms with Crippen LogP contribution in [0.4, 0.5) is 18.9 Å². The maximum atomic E-state index is 12.4. The molecule has 1 heterocycles. The highest BCUT2D eigenvalue weighted by atomic mass is 35.5. The van der Waals surface area contributed by atoms with Crippen LogP contribution >= 0.6 is 22.9 Å². The number of benzene rings is 1. The van der Waals surface area contributed by atoms with Crippen LogP contribution in [-0.4, -0.2) is 18.9 Å². The van der Waals surface area contributed by atoms with E-state index in [-0.39, 0.29) is 0 Å². The van der Waals surface area contributed by atoms with E-state index in [1.807, 2.05) is 0 Å². The van der Waals surface area contributed by atoms with Gasteiger partial charge in [0.2, 0.25) is 0 Å². The minimum Gasteiger partial charge on any atom is -0.380 e. The maximum absolute atomic E-state index is 12.4. The molecule has 0 unspecified atom stereocenters. The highest BCUT2D eigenvalue weighted by Gasteiger charge is 2.46. The molecule has 0 amide bonds. The summed E-state index contributed by atoms with van der Waals surface area (Å²) in [5.74, 6) is 0. The van der Waals surface area contributed by atoms with Gasteiger partial charge in [-0.25, -0.2) is 13.4 Å². The van der Waals surface area contributed by atoms with E-state index in [2.05, 4.69) is 10.3 Å². The third-order valence-corrected chi connectivity index (χ3v) is 5.08. The fourth-order valence-corrected chi connectivity index (χ4v) is 3.12. The lowest BCUT2D eigenvalue weighted by Crippen LogP contribution is -2.23. The van der Waals surface area contributed by atoms with Crippen molar-refractivity contribution in [2.75, 3.05) is 5.32 Å². The second kappa shape index (κ2) is 5.82. The molecule has 0 fully saturated rings. The van der Waals surface area contributed by atoms with Crippen LogP contribution in [0.3, 0.4) is 0 Å². The minimum absolute atomic E-state index is 0.385. The van der Waals surface area contributed by atoms with Crippen molar-refractivity contribution in [3.05, 3.63) is 39.8 Å². The van der Waals surface area contributed by atoms with Crippen molar-refractivity contribution in [2.24, 2.45) is 0 Å². The zero-order valence-corrected chi connectivity index (χ0v) is 12.6. The van der Waals surface area contributed by atoms with Gasteiger partial charge in [0, 0.05) is 16.8 Å². The number of hydrogen-bond donors (Lipinski definition) is 1. The molecule has 2 aromatic rings. The Hall–Kier alpha value is -1.32. The van der Waals surface area contributed by atoms with Crippen molar-refractivity contribution in [1.82, 2.24) is 4.98 Å². The lowest BCUT2D eigenvalue weighted by molar-refractivity contribution is -0.0436. The lowest BCUT2D eigenvalue weighted by Gasteiger charge is -2.09. The summed E-state index contributed by atoms with van der Waals surface area (Å²) in [5, 5.41) is 2.93. The molecule has 0 aliphatic heterocycles. The van der Waals surface area contributed by atoms with Gasteiger partial charge in [-0.05, 0) is 24.3 Å². The average molecular weight is 357 g/mol. The first-order valence-electron chi connectivity index (χ1n) is 5.45. The highest BCUT2D eigenvalue weighted by molar-refractivity contribution is 7.92. The molecule has 10 heteroatoms. The Morgan fingerprint density at radius 1 is 1.24 bits per heavy atom. The first-order chi connectivity index (χ1) is 9.70. The molecular formula is C11H8ClF3N2O2S2. The van der Waals surface area contributed by atoms with Gasteiger partial charge in [0.05, 0.1) is 11.4 Å². The number of anilines is 1. The van der Waals surface area contributed by atoms with Crippen LogP contribution in [0.15, 0.2) is 35.4 Å². The predicted molar refractivity (Wildman–Crippen MR) is 74.1 cm³/mol. The van der Waals surface area contributed by atoms with Gasteiger partial charge in [-0.3, -0.25) is 0 Å². The first-order valence-corrected chi connectivity index (χ1v) is 8.13. The quantitative estimate of drug-likeness (QED) is 0.907. The highest BCUT2D eigenvalue weighted by Crippen LogP contribution is 2.30. The summed E-state index contributed by atoms with van der Waals surface area (Å²) in [6, 6.07) is 4.35. The summed E-state index contributed by atoms with van der Waals surface area (Å²) in [5.41, 5.74) is -4.82. The Balaban J connectivity index is 2.09. The minimum atomic E-state index is -5.31. The number of nitrogens with one attached hydrogen (secondary N) is 1. The Morgan fingerprint density at radius 2 is 1.86 bits per heavy atom. The Morgan fingerprint density at radius 3 is 2.33 bits per heavy atom. The van der Waals surface area contributed by atoms with Crippen molar-refractivity contribution < 1.29 is 21.6 Å². The molecule has 4 nitrogen and oxygen atoms in total. The van der Waals surface area contributed by atoms with E-state index in [4.69, 9.17) is 11.6 Å². The number of hydrogen-bond acceptors (Lipinski definition) is 5. The van der Waals surface area contributed by atoms with Gasteiger partial charge >= 0.3 is 5.51 Å². The van der Waals surface area contributed by atoms with Crippen LogP contribution in [0.2, 0.25) is 4.47 Å². The normalized spacial score (nSPS) is 12.4. The molecule has 2 rings (SSSR count). The van der Waals surface area contributed by atoms with Gasteiger partial charge in [-0.1, -0.05) is 11.6 Å². The molecule has 1 N–H and O–H groups in total. The third kappa shape index (κ3) is 3.66. The number of rotatable bonds is 4. The van der Waals surface area contributed by atoms with Crippen LogP contribution in [0.5, 0.6) is 0 Å². The van der Waals surface area contributed by atoms with E-state index in [1.54, 1.807) is 6.20 Å². The van der Waals surface area contributed by atoms with Crippen molar-refractivity contribution in [3.63, 3.8) is 0 Å². The van der Waals surface area contributed by atoms with E-state index in [1.165, 1.54) is 23.5 Å². The summed E-state index contributed by atoms with van der Waals surface area (Å²) in [7, 11) is -5.31. The van der Waals surface area contributed by atoms with E-state index in [0.717, 1.165) is 17.0 Å². The molecule has 0 aliphatic carbocycles. The van der Waals surface area contributed by atoms with Crippen LogP contribution < -0.4 is 5.32 Å². The largest absolute Gasteiger partial charge is 0.501 e. The Bertz CT molecular complexity index is 727. The monoisotopic (exact) mass is 356 g/mol. The maximum Gasteiger partial charge on any atom is 0.501 e. The molecule has 0 spiro atoms. The predicted octanol–water partition coefficient (Wildman–Crippen LogP) is 3.70. The van der Waals surface area contributed by atoms with Crippen molar-refractivity contribution in [3.8, 4) is 0 Å². The molecule has 1 aromatic heterocycles. The van der Waals surface area contributed by atoms with Crippen LogP contribution in [0, 0.1) is 0 Å². The van der Waals surface area contributed by atoms with Gasteiger partial charge in [-0.2, -0.15) is 13.2 Å². The number of nitrogens with zero attached hydrogens (tertiary/aromatic N) is 1. The van der Waals surface area contributed by atoms with E-state index < -0.39 is 20.2 Å². The third-order valence-electron chi connectivity index (χ3n) is 2.46. The summed E-state index contributed by atoms with van der Waals surface area (Å²) < 4.78 is 59.9. The molecule has 114 valence electrons. The molecule has 0 saturated carbocycles. The van der Waals surface area contributed by atoms with Crippen LogP contribution in [0.1, 0.15) is 4.88 Å². The van der Waals surface area contributed by atoms with E-state index in [0.29, 0.717) is 16.7 Å². The zero-order valence-electron chi connectivity index (χ0n) is 10.2. The standard InChI is InChI=1S/C11H8ClF3N2O2S2/c12-10-17-6-8(20-10)5-16-7-1-3-9(4-2-7)21(18,19)11(13,14)15/h1-4,6,16H,5H2. The van der Waals surface area contributed by atoms with Crippen molar-refractivity contribution >= 4 is 38.5 Å². The Labute approximate surface area is 127 Å². The molecular weight excluding hydrogens is 349 g/mol. The average Bonchev–Trinajstić information content (AvgIpc) is 2.81. The first kappa shape index (κ1) is 16.1. The summed E-state index contributed by atoms with van der Waals surface area (Å²) in [6.45, 7) is 0.385. The van der Waals surface area contributed by atoms with Gasteiger partial charge in [-0.15, -0.1) is 11.3 Å². The van der Waals surface area contributed by atoms with E-state index in [9.17, 15) is 21.6 Å². The fourth-order valence-electron chi connectivity index (χ4n) is 1.44.